The van der Waals surface area contributed by atoms with E-state index in [4.69, 9.17) is 9.72 Å². The summed E-state index contributed by atoms with van der Waals surface area (Å²) in [6.45, 7) is 4.45. The van der Waals surface area contributed by atoms with Crippen LogP contribution in [0.15, 0.2) is 36.4 Å². The number of imidazole rings is 1. The van der Waals surface area contributed by atoms with E-state index in [1.165, 1.54) is 10.4 Å². The summed E-state index contributed by atoms with van der Waals surface area (Å²) in [5.41, 5.74) is 2.23. The lowest BCUT2D eigenvalue weighted by molar-refractivity contribution is 0.0687. The number of carbonyl (C=O) groups is 1. The molecule has 1 aromatic carbocycles. The lowest BCUT2D eigenvalue weighted by Gasteiger charge is -2.34. The molecule has 0 spiro atoms. The fourth-order valence-corrected chi connectivity index (χ4v) is 5.32. The predicted octanol–water partition coefficient (Wildman–Crippen LogP) is 4.74. The molecule has 3 aromatic rings. The number of para-hydroxylation sites is 2. The molecule has 5 nitrogen and oxygen atoms in total. The van der Waals surface area contributed by atoms with Crippen molar-refractivity contribution in [2.24, 2.45) is 0 Å². The number of piperidine rings is 1. The van der Waals surface area contributed by atoms with Crippen molar-refractivity contribution < 1.29 is 9.53 Å². The lowest BCUT2D eigenvalue weighted by Crippen LogP contribution is -2.39. The number of fused-ring (bicyclic) bond motifs is 1. The van der Waals surface area contributed by atoms with E-state index in [2.05, 4.69) is 22.8 Å². The Morgan fingerprint density at radius 2 is 1.96 bits per heavy atom. The summed E-state index contributed by atoms with van der Waals surface area (Å²) in [6.07, 6.45) is 4.15. The van der Waals surface area contributed by atoms with Gasteiger partial charge in [0.2, 0.25) is 0 Å². The maximum atomic E-state index is 12.8. The Morgan fingerprint density at radius 1 is 1.14 bits per heavy atom. The van der Waals surface area contributed by atoms with Crippen LogP contribution in [0, 0.1) is 6.92 Å². The molecule has 0 radical (unpaired) electrons. The molecule has 2 aliphatic heterocycles. The normalized spacial score (nSPS) is 20.9. The highest BCUT2D eigenvalue weighted by molar-refractivity contribution is 7.13. The molecule has 5 rings (SSSR count). The van der Waals surface area contributed by atoms with E-state index in [0.29, 0.717) is 6.04 Å². The molecule has 4 heterocycles. The third kappa shape index (κ3) is 3.14. The van der Waals surface area contributed by atoms with Gasteiger partial charge in [0.1, 0.15) is 11.9 Å². The zero-order chi connectivity index (χ0) is 19.1. The monoisotopic (exact) mass is 395 g/mol. The number of likely N-dealkylation sites (tertiary alicyclic amines) is 1. The van der Waals surface area contributed by atoms with Crippen molar-refractivity contribution in [3.8, 4) is 0 Å². The highest BCUT2D eigenvalue weighted by atomic mass is 32.1. The molecule has 0 saturated carbocycles. The third-order valence-corrected chi connectivity index (χ3v) is 6.90. The Hall–Kier alpha value is -2.18. The van der Waals surface area contributed by atoms with E-state index < -0.39 is 0 Å². The number of benzene rings is 1. The number of aryl methyl sites for hydroxylation is 1. The molecule has 1 atom stereocenters. The van der Waals surface area contributed by atoms with Crippen LogP contribution in [-0.4, -0.2) is 40.1 Å². The number of thiophene rings is 1. The van der Waals surface area contributed by atoms with Crippen molar-refractivity contribution >= 4 is 28.3 Å². The Balaban J connectivity index is 1.39. The zero-order valence-corrected chi connectivity index (χ0v) is 17.0. The molecule has 1 amide bonds. The highest BCUT2D eigenvalue weighted by Crippen LogP contribution is 2.36. The maximum absolute atomic E-state index is 12.8. The largest absolute Gasteiger partial charge is 0.370 e. The van der Waals surface area contributed by atoms with Crippen LogP contribution >= 0.6 is 11.3 Å². The highest BCUT2D eigenvalue weighted by Gasteiger charge is 2.31. The molecule has 2 saturated heterocycles. The van der Waals surface area contributed by atoms with Crippen molar-refractivity contribution in [1.29, 1.82) is 0 Å². The van der Waals surface area contributed by atoms with Crippen LogP contribution in [0.4, 0.5) is 0 Å². The predicted molar refractivity (Wildman–Crippen MR) is 111 cm³/mol. The summed E-state index contributed by atoms with van der Waals surface area (Å²) in [5.74, 6) is 1.24. The van der Waals surface area contributed by atoms with E-state index in [9.17, 15) is 4.79 Å². The first-order valence-corrected chi connectivity index (χ1v) is 11.0. The van der Waals surface area contributed by atoms with Gasteiger partial charge in [0.05, 0.1) is 15.9 Å². The van der Waals surface area contributed by atoms with Gasteiger partial charge in [0.15, 0.2) is 0 Å². The van der Waals surface area contributed by atoms with Crippen molar-refractivity contribution in [1.82, 2.24) is 14.5 Å². The fraction of sp³-hybridized carbons (Fsp3) is 0.455. The standard InChI is InChI=1S/C22H25N3O2S/c1-15-8-9-20(28-15)22(26)24-12-10-16(11-13-24)25-18-6-3-2-5-17(18)23-21(25)19-7-4-14-27-19/h2-3,5-6,8-9,16,19H,4,7,10-14H2,1H3/t19-/m0/s1. The van der Waals surface area contributed by atoms with Gasteiger partial charge in [-0.25, -0.2) is 4.98 Å². The number of hydrogen-bond donors (Lipinski definition) is 0. The van der Waals surface area contributed by atoms with Crippen LogP contribution in [0.2, 0.25) is 0 Å². The third-order valence-electron chi connectivity index (χ3n) is 5.91. The second-order valence-corrected chi connectivity index (χ2v) is 9.05. The first-order chi connectivity index (χ1) is 13.7. The van der Waals surface area contributed by atoms with Gasteiger partial charge in [0.25, 0.3) is 5.91 Å². The Kier molecular flexibility index (Phi) is 4.69. The van der Waals surface area contributed by atoms with E-state index in [-0.39, 0.29) is 12.0 Å². The molecule has 0 aliphatic carbocycles. The van der Waals surface area contributed by atoms with Crippen molar-refractivity contribution in [2.75, 3.05) is 19.7 Å². The van der Waals surface area contributed by atoms with Gasteiger partial charge in [-0.2, -0.15) is 0 Å². The molecule has 2 aromatic heterocycles. The number of amides is 1. The van der Waals surface area contributed by atoms with Gasteiger partial charge in [-0.05, 0) is 56.9 Å². The van der Waals surface area contributed by atoms with E-state index in [0.717, 1.165) is 61.6 Å². The number of rotatable bonds is 3. The fourth-order valence-electron chi connectivity index (χ4n) is 4.49. The van der Waals surface area contributed by atoms with E-state index in [1.807, 2.05) is 30.0 Å². The molecular formula is C22H25N3O2S. The van der Waals surface area contributed by atoms with Gasteiger partial charge in [-0.1, -0.05) is 12.1 Å². The van der Waals surface area contributed by atoms with Crippen LogP contribution in [0.5, 0.6) is 0 Å². The summed E-state index contributed by atoms with van der Waals surface area (Å²) in [7, 11) is 0. The first kappa shape index (κ1) is 17.9. The number of ether oxygens (including phenoxy) is 1. The van der Waals surface area contributed by atoms with Crippen molar-refractivity contribution in [3.63, 3.8) is 0 Å². The summed E-state index contributed by atoms with van der Waals surface area (Å²) in [6, 6.07) is 12.7. The van der Waals surface area contributed by atoms with Gasteiger partial charge >= 0.3 is 0 Å². The second-order valence-electron chi connectivity index (χ2n) is 7.76. The molecule has 2 aliphatic rings. The molecule has 28 heavy (non-hydrogen) atoms. The number of aromatic nitrogens is 2. The zero-order valence-electron chi connectivity index (χ0n) is 16.1. The average Bonchev–Trinajstić information content (AvgIpc) is 3.46. The SMILES string of the molecule is Cc1ccc(C(=O)N2CCC(n3c([C@@H]4CCCO4)nc4ccccc43)CC2)s1. The topological polar surface area (TPSA) is 47.4 Å². The minimum Gasteiger partial charge on any atom is -0.370 e. The smallest absolute Gasteiger partial charge is 0.263 e. The van der Waals surface area contributed by atoms with Crippen molar-refractivity contribution in [2.45, 2.75) is 44.8 Å². The van der Waals surface area contributed by atoms with Gasteiger partial charge < -0.3 is 14.2 Å². The molecule has 0 bridgehead atoms. The molecule has 2 fully saturated rings. The average molecular weight is 396 g/mol. The van der Waals surface area contributed by atoms with Gasteiger partial charge in [-0.3, -0.25) is 4.79 Å². The summed E-state index contributed by atoms with van der Waals surface area (Å²) in [5, 5.41) is 0. The summed E-state index contributed by atoms with van der Waals surface area (Å²) < 4.78 is 8.38. The lowest BCUT2D eigenvalue weighted by atomic mass is 10.0. The molecular weight excluding hydrogens is 370 g/mol. The summed E-state index contributed by atoms with van der Waals surface area (Å²) in [4.78, 5) is 21.8. The van der Waals surface area contributed by atoms with Crippen LogP contribution in [0.1, 0.15) is 58.2 Å². The van der Waals surface area contributed by atoms with Crippen LogP contribution < -0.4 is 0 Å². The van der Waals surface area contributed by atoms with Crippen molar-refractivity contribution in [3.05, 3.63) is 52.0 Å². The molecule has 146 valence electrons. The number of hydrogen-bond acceptors (Lipinski definition) is 4. The van der Waals surface area contributed by atoms with E-state index >= 15 is 0 Å². The van der Waals surface area contributed by atoms with Crippen LogP contribution in [0.25, 0.3) is 11.0 Å². The summed E-state index contributed by atoms with van der Waals surface area (Å²) >= 11 is 1.59. The molecule has 0 N–H and O–H groups in total. The Morgan fingerprint density at radius 3 is 2.68 bits per heavy atom. The van der Waals surface area contributed by atoms with Crippen LogP contribution in [-0.2, 0) is 4.74 Å². The second kappa shape index (κ2) is 7.33. The number of nitrogens with zero attached hydrogens (tertiary/aromatic N) is 3. The maximum Gasteiger partial charge on any atom is 0.263 e. The van der Waals surface area contributed by atoms with Gasteiger partial charge in [-0.15, -0.1) is 11.3 Å². The minimum absolute atomic E-state index is 0.0983. The Bertz CT molecular complexity index is 994. The first-order valence-electron chi connectivity index (χ1n) is 10.1. The minimum atomic E-state index is 0.0983. The molecule has 0 unspecified atom stereocenters. The number of carbonyl (C=O) groups excluding carboxylic acids is 1. The quantitative estimate of drug-likeness (QED) is 0.644. The molecule has 6 heteroatoms. The van der Waals surface area contributed by atoms with Gasteiger partial charge in [0, 0.05) is 30.6 Å². The Labute approximate surface area is 168 Å². The van der Waals surface area contributed by atoms with Crippen LogP contribution in [0.3, 0.4) is 0 Å². The van der Waals surface area contributed by atoms with E-state index in [1.54, 1.807) is 11.3 Å².